The molecule has 0 bridgehead atoms. The van der Waals surface area contributed by atoms with Gasteiger partial charge in [0.15, 0.2) is 0 Å². The molecule has 2 aliphatic rings. The first-order valence-electron chi connectivity index (χ1n) is 10.5. The van der Waals surface area contributed by atoms with Gasteiger partial charge >= 0.3 is 0 Å². The summed E-state index contributed by atoms with van der Waals surface area (Å²) in [6.45, 7) is 6.60. The fraction of sp³-hybridized carbons (Fsp3) is 0.739. The van der Waals surface area contributed by atoms with Crippen LogP contribution in [0.4, 0.5) is 0 Å². The van der Waals surface area contributed by atoms with Crippen molar-refractivity contribution in [2.45, 2.75) is 97.5 Å². The zero-order valence-electron chi connectivity index (χ0n) is 16.6. The quantitative estimate of drug-likeness (QED) is 0.514. The minimum atomic E-state index is -0.0936. The maximum Gasteiger partial charge on any atom is 0.0630 e. The first kappa shape index (κ1) is 20.7. The van der Waals surface area contributed by atoms with Crippen molar-refractivity contribution in [1.82, 2.24) is 0 Å². The number of rotatable bonds is 7. The van der Waals surface area contributed by atoms with Gasteiger partial charge in [-0.3, -0.25) is 0 Å². The third-order valence-electron chi connectivity index (χ3n) is 6.22. The molecular formula is C23H38OS. The smallest absolute Gasteiger partial charge is 0.0630 e. The molecule has 2 fully saturated rings. The Bertz CT molecular complexity index is 500. The van der Waals surface area contributed by atoms with E-state index in [9.17, 15) is 5.11 Å². The van der Waals surface area contributed by atoms with Gasteiger partial charge in [0.25, 0.3) is 0 Å². The first-order chi connectivity index (χ1) is 12.1. The van der Waals surface area contributed by atoms with E-state index in [0.717, 1.165) is 18.8 Å². The van der Waals surface area contributed by atoms with Crippen LogP contribution in [0.2, 0.25) is 0 Å². The number of thiophene rings is 1. The molecule has 0 radical (unpaired) electrons. The highest BCUT2D eigenvalue weighted by Gasteiger charge is 2.40. The molecule has 1 heterocycles. The second-order valence-electron chi connectivity index (χ2n) is 8.06. The van der Waals surface area contributed by atoms with Gasteiger partial charge in [0.2, 0.25) is 0 Å². The molecule has 1 aromatic heterocycles. The number of hydrogen-bond donors (Lipinski definition) is 1. The van der Waals surface area contributed by atoms with Crippen molar-refractivity contribution < 1.29 is 5.11 Å². The standard InChI is InChI=1S/C15H26O.C8H12S/c1-2-15(11-6-12-15)14(16)10-5-9-13-7-3-4-8-13;1-3-4-8-6-5-7(2)9-8/h5,9,13-14,16H,2-4,6-8,10-12H2,1H3;5-6H,3-4H2,1-2H3/b9-5+;. The van der Waals surface area contributed by atoms with Gasteiger partial charge in [-0.15, -0.1) is 11.3 Å². The summed E-state index contributed by atoms with van der Waals surface area (Å²) in [5.41, 5.74) is 0.278. The Balaban J connectivity index is 0.000000212. The molecule has 2 heteroatoms. The van der Waals surface area contributed by atoms with Crippen molar-refractivity contribution in [3.05, 3.63) is 34.0 Å². The largest absolute Gasteiger partial charge is 0.392 e. The van der Waals surface area contributed by atoms with Crippen LogP contribution >= 0.6 is 11.3 Å². The van der Waals surface area contributed by atoms with E-state index in [1.165, 1.54) is 67.5 Å². The van der Waals surface area contributed by atoms with Gasteiger partial charge in [-0.2, -0.15) is 0 Å². The highest BCUT2D eigenvalue weighted by Crippen LogP contribution is 2.47. The summed E-state index contributed by atoms with van der Waals surface area (Å²) in [6.07, 6.45) is 18.4. The third-order valence-corrected chi connectivity index (χ3v) is 7.28. The third kappa shape index (κ3) is 6.25. The average molecular weight is 363 g/mol. The van der Waals surface area contributed by atoms with Crippen LogP contribution in [0.3, 0.4) is 0 Å². The van der Waals surface area contributed by atoms with E-state index in [1.807, 2.05) is 11.3 Å². The van der Waals surface area contributed by atoms with Crippen LogP contribution < -0.4 is 0 Å². The Labute approximate surface area is 159 Å². The maximum absolute atomic E-state index is 10.2. The molecule has 0 spiro atoms. The van der Waals surface area contributed by atoms with Crippen molar-refractivity contribution in [3.8, 4) is 0 Å². The first-order valence-corrected chi connectivity index (χ1v) is 11.3. The number of aryl methyl sites for hydroxylation is 2. The van der Waals surface area contributed by atoms with Crippen LogP contribution in [0.15, 0.2) is 24.3 Å². The zero-order valence-corrected chi connectivity index (χ0v) is 17.4. The van der Waals surface area contributed by atoms with E-state index < -0.39 is 0 Å². The van der Waals surface area contributed by atoms with Crippen LogP contribution in [0.25, 0.3) is 0 Å². The molecule has 0 amide bonds. The number of hydrogen-bond acceptors (Lipinski definition) is 2. The number of aliphatic hydroxyl groups is 1. The molecule has 1 N–H and O–H groups in total. The van der Waals surface area contributed by atoms with E-state index >= 15 is 0 Å². The maximum atomic E-state index is 10.2. The van der Waals surface area contributed by atoms with E-state index in [0.29, 0.717) is 0 Å². The number of aliphatic hydroxyl groups excluding tert-OH is 1. The molecule has 1 aromatic rings. The van der Waals surface area contributed by atoms with Crippen molar-refractivity contribution in [2.75, 3.05) is 0 Å². The predicted octanol–water partition coefficient (Wildman–Crippen LogP) is 7.07. The van der Waals surface area contributed by atoms with Gasteiger partial charge in [0, 0.05) is 9.75 Å². The molecule has 142 valence electrons. The highest BCUT2D eigenvalue weighted by atomic mass is 32.1. The Kier molecular flexibility index (Phi) is 8.72. The molecule has 0 aromatic carbocycles. The molecule has 25 heavy (non-hydrogen) atoms. The lowest BCUT2D eigenvalue weighted by Gasteiger charge is -2.45. The van der Waals surface area contributed by atoms with Crippen LogP contribution in [0.5, 0.6) is 0 Å². The van der Waals surface area contributed by atoms with Crippen LogP contribution in [0, 0.1) is 18.3 Å². The predicted molar refractivity (Wildman–Crippen MR) is 111 cm³/mol. The molecule has 3 rings (SSSR count). The molecule has 2 saturated carbocycles. The van der Waals surface area contributed by atoms with Crippen molar-refractivity contribution in [1.29, 1.82) is 0 Å². The van der Waals surface area contributed by atoms with Crippen LogP contribution in [0.1, 0.15) is 87.8 Å². The van der Waals surface area contributed by atoms with E-state index in [4.69, 9.17) is 0 Å². The fourth-order valence-corrected chi connectivity index (χ4v) is 5.21. The lowest BCUT2D eigenvalue weighted by Crippen LogP contribution is -2.40. The van der Waals surface area contributed by atoms with Crippen molar-refractivity contribution in [2.24, 2.45) is 11.3 Å². The van der Waals surface area contributed by atoms with Crippen molar-refractivity contribution >= 4 is 11.3 Å². The molecule has 0 saturated heterocycles. The second-order valence-corrected chi connectivity index (χ2v) is 9.43. The van der Waals surface area contributed by atoms with Gasteiger partial charge in [0.05, 0.1) is 6.10 Å². The summed E-state index contributed by atoms with van der Waals surface area (Å²) in [5.74, 6) is 0.811. The van der Waals surface area contributed by atoms with Crippen LogP contribution in [-0.4, -0.2) is 11.2 Å². The molecule has 1 atom stereocenters. The Morgan fingerprint density at radius 2 is 1.92 bits per heavy atom. The second kappa shape index (κ2) is 10.5. The summed E-state index contributed by atoms with van der Waals surface area (Å²) >= 11 is 1.91. The Hall–Kier alpha value is -0.600. The lowest BCUT2D eigenvalue weighted by molar-refractivity contribution is -0.0355. The van der Waals surface area contributed by atoms with Gasteiger partial charge in [-0.25, -0.2) is 0 Å². The lowest BCUT2D eigenvalue weighted by atomic mass is 9.63. The van der Waals surface area contributed by atoms with Gasteiger partial charge in [-0.1, -0.05) is 51.7 Å². The summed E-state index contributed by atoms with van der Waals surface area (Å²) in [4.78, 5) is 2.95. The van der Waals surface area contributed by atoms with Gasteiger partial charge < -0.3 is 5.11 Å². The summed E-state index contributed by atoms with van der Waals surface area (Å²) in [6, 6.07) is 4.42. The highest BCUT2D eigenvalue weighted by molar-refractivity contribution is 7.11. The summed E-state index contributed by atoms with van der Waals surface area (Å²) < 4.78 is 0. The Morgan fingerprint density at radius 1 is 1.20 bits per heavy atom. The van der Waals surface area contributed by atoms with Crippen LogP contribution in [-0.2, 0) is 6.42 Å². The molecular weight excluding hydrogens is 324 g/mol. The molecule has 1 unspecified atom stereocenters. The summed E-state index contributed by atoms with van der Waals surface area (Å²) in [7, 11) is 0. The number of allylic oxidation sites excluding steroid dienone is 1. The van der Waals surface area contributed by atoms with Gasteiger partial charge in [-0.05, 0) is 75.3 Å². The monoisotopic (exact) mass is 362 g/mol. The zero-order chi connectivity index (χ0) is 18.1. The molecule has 1 nitrogen and oxygen atoms in total. The normalized spacial score (nSPS) is 21.0. The van der Waals surface area contributed by atoms with E-state index in [-0.39, 0.29) is 11.5 Å². The SMILES string of the molecule is CCC1(C(O)C/C=C/C2CCCC2)CCC1.CCCc1ccc(C)s1. The average Bonchev–Trinajstić information content (AvgIpc) is 3.20. The van der Waals surface area contributed by atoms with Gasteiger partial charge in [0.1, 0.15) is 0 Å². The minimum absolute atomic E-state index is 0.0936. The fourth-order valence-electron chi connectivity index (χ4n) is 4.22. The molecule has 2 aliphatic carbocycles. The Morgan fingerprint density at radius 3 is 2.40 bits per heavy atom. The van der Waals surface area contributed by atoms with E-state index in [2.05, 4.69) is 45.1 Å². The topological polar surface area (TPSA) is 20.2 Å². The molecule has 0 aliphatic heterocycles. The van der Waals surface area contributed by atoms with E-state index in [1.54, 1.807) is 0 Å². The minimum Gasteiger partial charge on any atom is -0.392 e. The van der Waals surface area contributed by atoms with Crippen molar-refractivity contribution in [3.63, 3.8) is 0 Å². The summed E-state index contributed by atoms with van der Waals surface area (Å²) in [5, 5.41) is 10.2.